The first-order chi connectivity index (χ1) is 8.41. The van der Waals surface area contributed by atoms with Crippen molar-refractivity contribution in [1.29, 1.82) is 0 Å². The van der Waals surface area contributed by atoms with Crippen LogP contribution in [-0.4, -0.2) is 31.3 Å². The number of Topliss-reactive ketones (excluding diaryl/α,β-unsaturated/α-hetero) is 1. The maximum absolute atomic E-state index is 12.2. The average molecular weight is 245 g/mol. The van der Waals surface area contributed by atoms with Crippen LogP contribution in [-0.2, 0) is 4.79 Å². The van der Waals surface area contributed by atoms with Gasteiger partial charge in [0.2, 0.25) is 0 Å². The van der Waals surface area contributed by atoms with Crippen LogP contribution in [0.5, 0.6) is 0 Å². The molecule has 0 bridgehead atoms. The van der Waals surface area contributed by atoms with Gasteiger partial charge in [0.1, 0.15) is 0 Å². The van der Waals surface area contributed by atoms with E-state index < -0.39 is 0 Å². The summed E-state index contributed by atoms with van der Waals surface area (Å²) in [6.07, 6.45) is 1.99. The van der Waals surface area contributed by atoms with E-state index in [9.17, 15) is 4.79 Å². The molecule has 2 heteroatoms. The van der Waals surface area contributed by atoms with Crippen LogP contribution in [0.25, 0.3) is 6.08 Å². The summed E-state index contributed by atoms with van der Waals surface area (Å²) in [5, 5.41) is 0. The topological polar surface area (TPSA) is 20.3 Å². The minimum absolute atomic E-state index is 0.0419. The molecule has 0 aliphatic heterocycles. The summed E-state index contributed by atoms with van der Waals surface area (Å²) in [6, 6.07) is 8.12. The maximum Gasteiger partial charge on any atom is 0.162 e. The van der Waals surface area contributed by atoms with Crippen molar-refractivity contribution in [3.8, 4) is 0 Å². The summed E-state index contributed by atoms with van der Waals surface area (Å²) in [5.41, 5.74) is 3.16. The number of hydrogen-bond donors (Lipinski definition) is 0. The van der Waals surface area contributed by atoms with Crippen molar-refractivity contribution in [3.63, 3.8) is 0 Å². The van der Waals surface area contributed by atoms with Crippen LogP contribution in [0.1, 0.15) is 25.0 Å². The second kappa shape index (κ2) is 6.50. The molecule has 0 saturated carbocycles. The largest absolute Gasteiger partial charge is 0.309 e. The fourth-order valence-electron chi connectivity index (χ4n) is 2.07. The van der Waals surface area contributed by atoms with Crippen molar-refractivity contribution in [2.75, 3.05) is 20.6 Å². The van der Waals surface area contributed by atoms with Crippen LogP contribution in [0.3, 0.4) is 0 Å². The lowest BCUT2D eigenvalue weighted by Gasteiger charge is -2.16. The number of aryl methyl sites for hydroxylation is 1. The molecule has 0 spiro atoms. The normalized spacial score (nSPS) is 13.8. The van der Waals surface area contributed by atoms with Gasteiger partial charge in [0, 0.05) is 12.5 Å². The molecule has 1 unspecified atom stereocenters. The first kappa shape index (κ1) is 14.7. The number of hydrogen-bond acceptors (Lipinski definition) is 2. The second-order valence-electron chi connectivity index (χ2n) is 5.21. The molecular formula is C16H23NO. The molecule has 0 heterocycles. The average Bonchev–Trinajstić information content (AvgIpc) is 2.30. The van der Waals surface area contributed by atoms with E-state index in [-0.39, 0.29) is 11.7 Å². The van der Waals surface area contributed by atoms with E-state index >= 15 is 0 Å². The number of nitrogens with zero attached hydrogens (tertiary/aromatic N) is 1. The standard InChI is InChI=1S/C16H23NO/c1-12-8-6-7-9-15(12)10-13(2)16(18)14(3)11-17(4)5/h6-10,14H,11H2,1-5H3/b13-10+. The summed E-state index contributed by atoms with van der Waals surface area (Å²) in [4.78, 5) is 14.2. The zero-order chi connectivity index (χ0) is 13.7. The molecule has 1 aromatic rings. The molecule has 0 aromatic heterocycles. The van der Waals surface area contributed by atoms with Gasteiger partial charge in [-0.15, -0.1) is 0 Å². The van der Waals surface area contributed by atoms with Crippen molar-refractivity contribution < 1.29 is 4.79 Å². The Morgan fingerprint density at radius 3 is 2.50 bits per heavy atom. The predicted molar refractivity (Wildman–Crippen MR) is 77.6 cm³/mol. The first-order valence-electron chi connectivity index (χ1n) is 6.34. The molecule has 1 atom stereocenters. The van der Waals surface area contributed by atoms with E-state index in [4.69, 9.17) is 0 Å². The van der Waals surface area contributed by atoms with E-state index in [1.165, 1.54) is 5.56 Å². The fourth-order valence-corrected chi connectivity index (χ4v) is 2.07. The highest BCUT2D eigenvalue weighted by Gasteiger charge is 2.15. The molecule has 1 aromatic carbocycles. The van der Waals surface area contributed by atoms with Crippen LogP contribution < -0.4 is 0 Å². The summed E-state index contributed by atoms with van der Waals surface area (Å²) in [7, 11) is 3.98. The van der Waals surface area contributed by atoms with Crippen LogP contribution in [0.4, 0.5) is 0 Å². The Kier molecular flexibility index (Phi) is 5.29. The minimum Gasteiger partial charge on any atom is -0.309 e. The molecule has 0 N–H and O–H groups in total. The Morgan fingerprint density at radius 2 is 1.94 bits per heavy atom. The smallest absolute Gasteiger partial charge is 0.162 e. The quantitative estimate of drug-likeness (QED) is 0.743. The van der Waals surface area contributed by atoms with Gasteiger partial charge in [-0.05, 0) is 50.7 Å². The lowest BCUT2D eigenvalue weighted by molar-refractivity contribution is -0.119. The lowest BCUT2D eigenvalue weighted by Crippen LogP contribution is -2.26. The van der Waals surface area contributed by atoms with Crippen LogP contribution in [0.15, 0.2) is 29.8 Å². The predicted octanol–water partition coefficient (Wildman–Crippen LogP) is 3.17. The Hall–Kier alpha value is -1.41. The fraction of sp³-hybridized carbons (Fsp3) is 0.438. The minimum atomic E-state index is 0.0419. The third-order valence-electron chi connectivity index (χ3n) is 3.04. The number of ketones is 1. The van der Waals surface area contributed by atoms with Gasteiger partial charge in [0.05, 0.1) is 0 Å². The Labute approximate surface area is 110 Å². The first-order valence-corrected chi connectivity index (χ1v) is 6.34. The highest BCUT2D eigenvalue weighted by atomic mass is 16.1. The van der Waals surface area contributed by atoms with E-state index in [1.54, 1.807) is 0 Å². The SMILES string of the molecule is C/C(=C\c1ccccc1C)C(=O)C(C)CN(C)C. The molecule has 98 valence electrons. The molecule has 2 nitrogen and oxygen atoms in total. The number of benzene rings is 1. The van der Waals surface area contributed by atoms with Gasteiger partial charge >= 0.3 is 0 Å². The molecule has 0 aliphatic rings. The summed E-state index contributed by atoms with van der Waals surface area (Å²) >= 11 is 0. The molecule has 18 heavy (non-hydrogen) atoms. The van der Waals surface area contributed by atoms with Crippen LogP contribution in [0.2, 0.25) is 0 Å². The number of carbonyl (C=O) groups excluding carboxylic acids is 1. The maximum atomic E-state index is 12.2. The van der Waals surface area contributed by atoms with Gasteiger partial charge in [-0.25, -0.2) is 0 Å². The number of allylic oxidation sites excluding steroid dienone is 1. The Balaban J connectivity index is 2.84. The number of carbonyl (C=O) groups is 1. The summed E-state index contributed by atoms with van der Waals surface area (Å²) < 4.78 is 0. The van der Waals surface area contributed by atoms with Crippen LogP contribution in [0, 0.1) is 12.8 Å². The van der Waals surface area contributed by atoms with Gasteiger partial charge in [-0.1, -0.05) is 31.2 Å². The molecule has 1 rings (SSSR count). The van der Waals surface area contributed by atoms with Gasteiger partial charge < -0.3 is 4.90 Å². The summed E-state index contributed by atoms with van der Waals surface area (Å²) in [6.45, 7) is 6.74. The lowest BCUT2D eigenvalue weighted by atomic mass is 9.97. The molecular weight excluding hydrogens is 222 g/mol. The zero-order valence-corrected chi connectivity index (χ0v) is 12.0. The summed E-state index contributed by atoms with van der Waals surface area (Å²) in [5.74, 6) is 0.271. The zero-order valence-electron chi connectivity index (χ0n) is 12.0. The Bertz CT molecular complexity index is 446. The molecule has 0 amide bonds. The third-order valence-corrected chi connectivity index (χ3v) is 3.04. The molecule has 0 saturated heterocycles. The Morgan fingerprint density at radius 1 is 1.33 bits per heavy atom. The van der Waals surface area contributed by atoms with Crippen molar-refractivity contribution in [2.24, 2.45) is 5.92 Å². The van der Waals surface area contributed by atoms with E-state index in [1.807, 2.05) is 57.1 Å². The molecule has 0 aliphatic carbocycles. The van der Waals surface area contributed by atoms with E-state index in [0.717, 1.165) is 17.7 Å². The van der Waals surface area contributed by atoms with E-state index in [2.05, 4.69) is 13.0 Å². The van der Waals surface area contributed by atoms with Crippen molar-refractivity contribution in [3.05, 3.63) is 41.0 Å². The third kappa shape index (κ3) is 4.11. The van der Waals surface area contributed by atoms with E-state index in [0.29, 0.717) is 0 Å². The molecule has 0 radical (unpaired) electrons. The van der Waals surface area contributed by atoms with Crippen LogP contribution >= 0.6 is 0 Å². The van der Waals surface area contributed by atoms with Crippen molar-refractivity contribution in [1.82, 2.24) is 4.90 Å². The van der Waals surface area contributed by atoms with Gasteiger partial charge in [-0.2, -0.15) is 0 Å². The number of rotatable bonds is 5. The highest BCUT2D eigenvalue weighted by Crippen LogP contribution is 2.15. The monoisotopic (exact) mass is 245 g/mol. The van der Waals surface area contributed by atoms with Crippen molar-refractivity contribution in [2.45, 2.75) is 20.8 Å². The van der Waals surface area contributed by atoms with Gasteiger partial charge in [0.25, 0.3) is 0 Å². The van der Waals surface area contributed by atoms with Crippen molar-refractivity contribution >= 4 is 11.9 Å². The van der Waals surface area contributed by atoms with Gasteiger partial charge in [-0.3, -0.25) is 4.79 Å². The molecule has 0 fully saturated rings. The van der Waals surface area contributed by atoms with Gasteiger partial charge in [0.15, 0.2) is 5.78 Å². The second-order valence-corrected chi connectivity index (χ2v) is 5.21. The highest BCUT2D eigenvalue weighted by molar-refractivity contribution is 6.00.